The highest BCUT2D eigenvalue weighted by Crippen LogP contribution is 2.44. The second kappa shape index (κ2) is 2.16. The van der Waals surface area contributed by atoms with Crippen molar-refractivity contribution >= 4 is 5.97 Å². The molecule has 1 unspecified atom stereocenters. The summed E-state index contributed by atoms with van der Waals surface area (Å²) in [5.74, 6) is -4.00. The highest BCUT2D eigenvalue weighted by molar-refractivity contribution is 5.68. The lowest BCUT2D eigenvalue weighted by Crippen LogP contribution is -2.11. The van der Waals surface area contributed by atoms with Crippen molar-refractivity contribution in [3.63, 3.8) is 0 Å². The average Bonchev–Trinajstić information content (AvgIpc) is 2.35. The molecule has 0 aromatic heterocycles. The Hall–Kier alpha value is -0.710. The van der Waals surface area contributed by atoms with Crippen LogP contribution in [0.3, 0.4) is 0 Å². The van der Waals surface area contributed by atoms with Gasteiger partial charge < -0.3 is 9.84 Å². The molecule has 0 aromatic carbocycles. The molecule has 1 aliphatic rings. The number of halogens is 2. The second-order valence-electron chi connectivity index (χ2n) is 2.16. The van der Waals surface area contributed by atoms with Gasteiger partial charge in [0.1, 0.15) is 12.7 Å². The summed E-state index contributed by atoms with van der Waals surface area (Å²) in [6.07, 6.45) is -1.51. The predicted octanol–water partition coefficient (Wildman–Crippen LogP) is 0.495. The Labute approximate surface area is 55.6 Å². The molecule has 1 saturated carbocycles. The van der Waals surface area contributed by atoms with Crippen molar-refractivity contribution in [2.75, 3.05) is 6.61 Å². The highest BCUT2D eigenvalue weighted by atomic mass is 19.3. The maximum absolute atomic E-state index is 11.9. The molecule has 3 nitrogen and oxygen atoms in total. The fourth-order valence-corrected chi connectivity index (χ4v) is 0.541. The zero-order valence-electron chi connectivity index (χ0n) is 5.01. The van der Waals surface area contributed by atoms with Crippen molar-refractivity contribution in [1.29, 1.82) is 0 Å². The van der Waals surface area contributed by atoms with Crippen molar-refractivity contribution in [1.82, 2.24) is 0 Å². The first-order valence-electron chi connectivity index (χ1n) is 2.73. The van der Waals surface area contributed by atoms with Gasteiger partial charge in [-0.2, -0.15) is 0 Å². The maximum Gasteiger partial charge on any atom is 0.329 e. The highest BCUT2D eigenvalue weighted by Gasteiger charge is 2.58. The van der Waals surface area contributed by atoms with Gasteiger partial charge in [0.15, 0.2) is 0 Å². The lowest BCUT2D eigenvalue weighted by molar-refractivity contribution is -0.143. The summed E-state index contributed by atoms with van der Waals surface area (Å²) in [7, 11) is 0. The maximum atomic E-state index is 11.9. The Morgan fingerprint density at radius 2 is 2.30 bits per heavy atom. The van der Waals surface area contributed by atoms with Crippen LogP contribution in [0.2, 0.25) is 0 Å². The summed E-state index contributed by atoms with van der Waals surface area (Å²) in [5.41, 5.74) is 0. The van der Waals surface area contributed by atoms with Crippen LogP contribution in [0, 0.1) is 0 Å². The molecular weight excluding hydrogens is 146 g/mol. The van der Waals surface area contributed by atoms with E-state index in [1.54, 1.807) is 0 Å². The topological polar surface area (TPSA) is 46.5 Å². The Bertz CT molecular complexity index is 157. The summed E-state index contributed by atoms with van der Waals surface area (Å²) >= 11 is 0. The number of ether oxygens (including phenoxy) is 1. The number of carboxylic acids is 1. The molecule has 1 atom stereocenters. The van der Waals surface area contributed by atoms with Crippen molar-refractivity contribution in [3.05, 3.63) is 0 Å². The fraction of sp³-hybridized carbons (Fsp3) is 0.800. The summed E-state index contributed by atoms with van der Waals surface area (Å²) in [4.78, 5) is 9.77. The molecule has 0 radical (unpaired) electrons. The number of aliphatic carboxylic acids is 1. The Morgan fingerprint density at radius 1 is 1.80 bits per heavy atom. The van der Waals surface area contributed by atoms with E-state index in [9.17, 15) is 13.6 Å². The lowest BCUT2D eigenvalue weighted by atomic mass is 10.7. The van der Waals surface area contributed by atoms with Crippen molar-refractivity contribution in [2.45, 2.75) is 18.4 Å². The SMILES string of the molecule is O=C(O)COC1CC1(F)F. The summed E-state index contributed by atoms with van der Waals surface area (Å²) in [6.45, 7) is -0.639. The number of rotatable bonds is 3. The summed E-state index contributed by atoms with van der Waals surface area (Å²) in [6, 6.07) is 0. The number of hydrogen-bond acceptors (Lipinski definition) is 2. The zero-order valence-corrected chi connectivity index (χ0v) is 5.01. The molecule has 1 rings (SSSR count). The molecule has 10 heavy (non-hydrogen) atoms. The van der Waals surface area contributed by atoms with Gasteiger partial charge in [0.2, 0.25) is 0 Å². The van der Waals surface area contributed by atoms with Gasteiger partial charge in [-0.05, 0) is 0 Å². The minimum atomic E-state index is -2.78. The third-order valence-electron chi connectivity index (χ3n) is 1.18. The van der Waals surface area contributed by atoms with Crippen LogP contribution < -0.4 is 0 Å². The van der Waals surface area contributed by atoms with Gasteiger partial charge in [-0.15, -0.1) is 0 Å². The second-order valence-corrected chi connectivity index (χ2v) is 2.16. The van der Waals surface area contributed by atoms with Crippen LogP contribution in [-0.4, -0.2) is 29.7 Å². The van der Waals surface area contributed by atoms with E-state index in [1.165, 1.54) is 0 Å². The molecule has 0 amide bonds. The van der Waals surface area contributed by atoms with Gasteiger partial charge in [0.25, 0.3) is 5.92 Å². The van der Waals surface area contributed by atoms with Gasteiger partial charge in [-0.1, -0.05) is 0 Å². The minimum Gasteiger partial charge on any atom is -0.480 e. The van der Waals surface area contributed by atoms with E-state index in [-0.39, 0.29) is 6.42 Å². The van der Waals surface area contributed by atoms with Crippen LogP contribution in [0.15, 0.2) is 0 Å². The molecule has 1 aliphatic carbocycles. The molecule has 0 saturated heterocycles. The third kappa shape index (κ3) is 1.63. The first-order valence-corrected chi connectivity index (χ1v) is 2.73. The Morgan fingerprint density at radius 3 is 2.60 bits per heavy atom. The van der Waals surface area contributed by atoms with Gasteiger partial charge in [-0.3, -0.25) is 0 Å². The first-order chi connectivity index (χ1) is 4.52. The molecular formula is C5H6F2O3. The Balaban J connectivity index is 2.13. The largest absolute Gasteiger partial charge is 0.480 e. The van der Waals surface area contributed by atoms with Gasteiger partial charge >= 0.3 is 5.97 Å². The number of carboxylic acid groups (broad SMARTS) is 1. The van der Waals surface area contributed by atoms with Gasteiger partial charge in [0.05, 0.1) is 0 Å². The average molecular weight is 152 g/mol. The zero-order chi connectivity index (χ0) is 7.78. The number of hydrogen-bond donors (Lipinski definition) is 1. The van der Waals surface area contributed by atoms with Crippen LogP contribution in [0.5, 0.6) is 0 Å². The standard InChI is InChI=1S/C5H6F2O3/c6-5(7)1-3(5)10-2-4(8)9/h3H,1-2H2,(H,8,9). The summed E-state index contributed by atoms with van der Waals surface area (Å²) < 4.78 is 28.1. The Kier molecular flexibility index (Phi) is 1.60. The monoisotopic (exact) mass is 152 g/mol. The van der Waals surface area contributed by atoms with Crippen molar-refractivity contribution in [3.8, 4) is 0 Å². The molecule has 0 heterocycles. The molecule has 58 valence electrons. The van der Waals surface area contributed by atoms with Crippen molar-refractivity contribution < 1.29 is 23.4 Å². The van der Waals surface area contributed by atoms with E-state index in [4.69, 9.17) is 5.11 Å². The quantitative estimate of drug-likeness (QED) is 0.640. The van der Waals surface area contributed by atoms with E-state index >= 15 is 0 Å². The van der Waals surface area contributed by atoms with E-state index in [0.29, 0.717) is 0 Å². The molecule has 1 N–H and O–H groups in total. The van der Waals surface area contributed by atoms with E-state index in [2.05, 4.69) is 4.74 Å². The lowest BCUT2D eigenvalue weighted by Gasteiger charge is -1.96. The minimum absolute atomic E-state index is 0.347. The number of carbonyl (C=O) groups is 1. The van der Waals surface area contributed by atoms with Gasteiger partial charge in [-0.25, -0.2) is 13.6 Å². The van der Waals surface area contributed by atoms with Crippen LogP contribution in [-0.2, 0) is 9.53 Å². The first kappa shape index (κ1) is 7.40. The van der Waals surface area contributed by atoms with Crippen LogP contribution >= 0.6 is 0 Å². The van der Waals surface area contributed by atoms with Gasteiger partial charge in [0, 0.05) is 6.42 Å². The number of alkyl halides is 2. The van der Waals surface area contributed by atoms with E-state index in [1.807, 2.05) is 0 Å². The summed E-state index contributed by atoms with van der Waals surface area (Å²) in [5, 5.41) is 7.99. The van der Waals surface area contributed by atoms with E-state index in [0.717, 1.165) is 0 Å². The smallest absolute Gasteiger partial charge is 0.329 e. The molecule has 0 aliphatic heterocycles. The third-order valence-corrected chi connectivity index (χ3v) is 1.18. The molecule has 5 heteroatoms. The van der Waals surface area contributed by atoms with Crippen LogP contribution in [0.25, 0.3) is 0 Å². The normalized spacial score (nSPS) is 28.0. The van der Waals surface area contributed by atoms with Crippen LogP contribution in [0.1, 0.15) is 6.42 Å². The predicted molar refractivity (Wildman–Crippen MR) is 26.9 cm³/mol. The van der Waals surface area contributed by atoms with Crippen LogP contribution in [0.4, 0.5) is 8.78 Å². The van der Waals surface area contributed by atoms with E-state index < -0.39 is 24.6 Å². The fourth-order valence-electron chi connectivity index (χ4n) is 0.541. The molecule has 1 fully saturated rings. The van der Waals surface area contributed by atoms with Crippen molar-refractivity contribution in [2.24, 2.45) is 0 Å². The molecule has 0 bridgehead atoms. The molecule has 0 aromatic rings. The molecule has 0 spiro atoms.